The molecule has 2 nitrogen and oxygen atoms in total. The van der Waals surface area contributed by atoms with Crippen LogP contribution in [0.5, 0.6) is 0 Å². The topological polar surface area (TPSA) is 29.1 Å². The fourth-order valence-corrected chi connectivity index (χ4v) is 3.61. The molecule has 104 valence electrons. The van der Waals surface area contributed by atoms with Crippen LogP contribution < -0.4 is 5.32 Å². The van der Waals surface area contributed by atoms with Gasteiger partial charge in [0.2, 0.25) is 0 Å². The average molecular weight is 251 g/mol. The van der Waals surface area contributed by atoms with Crippen LogP contribution in [0, 0.1) is 11.8 Å². The van der Waals surface area contributed by atoms with Crippen molar-refractivity contribution in [2.75, 3.05) is 0 Å². The molecule has 1 saturated carbocycles. The van der Waals surface area contributed by atoms with Gasteiger partial charge < -0.3 is 5.32 Å². The summed E-state index contributed by atoms with van der Waals surface area (Å²) in [6.45, 7) is 4.46. The van der Waals surface area contributed by atoms with Crippen LogP contribution in [0.2, 0.25) is 0 Å². The molecule has 1 heterocycles. The molecule has 2 heteroatoms. The van der Waals surface area contributed by atoms with Crippen molar-refractivity contribution in [1.82, 2.24) is 5.32 Å². The third-order valence-electron chi connectivity index (χ3n) is 4.74. The van der Waals surface area contributed by atoms with E-state index in [2.05, 4.69) is 19.2 Å². The van der Waals surface area contributed by atoms with Gasteiger partial charge in [0.05, 0.1) is 6.04 Å². The number of Topliss-reactive ketones (excluding diaryl/α,β-unsaturated/α-hetero) is 1. The molecule has 2 rings (SSSR count). The number of fused-ring (bicyclic) bond motifs is 1. The Bertz CT molecular complexity index is 274. The molecule has 1 aliphatic heterocycles. The molecule has 0 radical (unpaired) electrons. The molecule has 0 aromatic carbocycles. The Labute approximate surface area is 112 Å². The molecule has 0 amide bonds. The molecular weight excluding hydrogens is 222 g/mol. The Morgan fingerprint density at radius 2 is 1.94 bits per heavy atom. The summed E-state index contributed by atoms with van der Waals surface area (Å²) in [4.78, 5) is 12.2. The summed E-state index contributed by atoms with van der Waals surface area (Å²) in [5, 5.41) is 3.64. The fraction of sp³-hybridized carbons (Fsp3) is 0.938. The largest absolute Gasteiger partial charge is 0.304 e. The summed E-state index contributed by atoms with van der Waals surface area (Å²) in [7, 11) is 0. The summed E-state index contributed by atoms with van der Waals surface area (Å²) in [5.74, 6) is 2.05. The fourth-order valence-electron chi connectivity index (χ4n) is 3.61. The van der Waals surface area contributed by atoms with E-state index in [9.17, 15) is 4.79 Å². The smallest absolute Gasteiger partial charge is 0.149 e. The third-order valence-corrected chi connectivity index (χ3v) is 4.74. The summed E-state index contributed by atoms with van der Waals surface area (Å²) in [6.07, 6.45) is 10.8. The Morgan fingerprint density at radius 1 is 1.17 bits per heavy atom. The molecule has 1 saturated heterocycles. The predicted octanol–water partition coefficient (Wildman–Crippen LogP) is 3.69. The van der Waals surface area contributed by atoms with Gasteiger partial charge in [-0.2, -0.15) is 0 Å². The Kier molecular flexibility index (Phi) is 5.23. The van der Waals surface area contributed by atoms with Crippen molar-refractivity contribution in [3.8, 4) is 0 Å². The van der Waals surface area contributed by atoms with Gasteiger partial charge in [0.1, 0.15) is 5.78 Å². The third kappa shape index (κ3) is 3.81. The van der Waals surface area contributed by atoms with Crippen molar-refractivity contribution >= 4 is 5.78 Å². The van der Waals surface area contributed by atoms with E-state index in [0.717, 1.165) is 31.1 Å². The summed E-state index contributed by atoms with van der Waals surface area (Å²) >= 11 is 0. The Hall–Kier alpha value is -0.370. The number of piperidine rings is 1. The first-order valence-corrected chi connectivity index (χ1v) is 7.95. The monoisotopic (exact) mass is 251 g/mol. The maximum atomic E-state index is 12.2. The Morgan fingerprint density at radius 3 is 2.72 bits per heavy atom. The van der Waals surface area contributed by atoms with Crippen molar-refractivity contribution in [1.29, 1.82) is 0 Å². The van der Waals surface area contributed by atoms with Crippen LogP contribution in [0.4, 0.5) is 0 Å². The highest BCUT2D eigenvalue weighted by Gasteiger charge is 2.33. The van der Waals surface area contributed by atoms with Crippen LogP contribution in [0.15, 0.2) is 0 Å². The number of ketones is 1. The normalized spacial score (nSPS) is 32.3. The number of carbonyl (C=O) groups is 1. The second kappa shape index (κ2) is 6.70. The highest BCUT2D eigenvalue weighted by molar-refractivity contribution is 5.84. The quantitative estimate of drug-likeness (QED) is 0.807. The van der Waals surface area contributed by atoms with E-state index in [1.807, 2.05) is 0 Å². The summed E-state index contributed by atoms with van der Waals surface area (Å²) < 4.78 is 0. The SMILES string of the molecule is CC(C)CCCC(=O)C1CCC2CCCCC2N1. The molecular formula is C16H29NO. The lowest BCUT2D eigenvalue weighted by atomic mass is 9.77. The van der Waals surface area contributed by atoms with Gasteiger partial charge in [-0.15, -0.1) is 0 Å². The second-order valence-corrected chi connectivity index (χ2v) is 6.70. The lowest BCUT2D eigenvalue weighted by molar-refractivity contribution is -0.122. The molecule has 0 aromatic heterocycles. The first kappa shape index (κ1) is 14.0. The minimum atomic E-state index is 0.177. The van der Waals surface area contributed by atoms with E-state index in [4.69, 9.17) is 0 Å². The molecule has 2 aliphatic rings. The molecule has 2 fully saturated rings. The summed E-state index contributed by atoms with van der Waals surface area (Å²) in [6, 6.07) is 0.822. The van der Waals surface area contributed by atoms with Crippen molar-refractivity contribution in [2.45, 2.75) is 83.7 Å². The van der Waals surface area contributed by atoms with Crippen molar-refractivity contribution in [2.24, 2.45) is 11.8 Å². The molecule has 1 aliphatic carbocycles. The van der Waals surface area contributed by atoms with Gasteiger partial charge in [0, 0.05) is 12.5 Å². The van der Waals surface area contributed by atoms with Crippen LogP contribution in [-0.2, 0) is 4.79 Å². The molecule has 3 atom stereocenters. The van der Waals surface area contributed by atoms with Crippen LogP contribution in [0.1, 0.15) is 71.6 Å². The van der Waals surface area contributed by atoms with E-state index in [0.29, 0.717) is 11.8 Å². The van der Waals surface area contributed by atoms with Crippen molar-refractivity contribution < 1.29 is 4.79 Å². The molecule has 18 heavy (non-hydrogen) atoms. The molecule has 0 spiro atoms. The van der Waals surface area contributed by atoms with Gasteiger partial charge >= 0.3 is 0 Å². The van der Waals surface area contributed by atoms with Crippen LogP contribution >= 0.6 is 0 Å². The van der Waals surface area contributed by atoms with Gasteiger partial charge in [-0.3, -0.25) is 4.79 Å². The standard InChI is InChI=1S/C16H29NO/c1-12(2)6-5-9-16(18)15-11-10-13-7-3-4-8-14(13)17-15/h12-15,17H,3-11H2,1-2H3. The van der Waals surface area contributed by atoms with Gasteiger partial charge in [0.15, 0.2) is 0 Å². The first-order chi connectivity index (χ1) is 8.66. The van der Waals surface area contributed by atoms with Gasteiger partial charge in [-0.25, -0.2) is 0 Å². The minimum absolute atomic E-state index is 0.177. The zero-order valence-corrected chi connectivity index (χ0v) is 12.1. The predicted molar refractivity (Wildman–Crippen MR) is 75.6 cm³/mol. The number of carbonyl (C=O) groups excluding carboxylic acids is 1. The number of hydrogen-bond donors (Lipinski definition) is 1. The van der Waals surface area contributed by atoms with Crippen molar-refractivity contribution in [3.63, 3.8) is 0 Å². The van der Waals surface area contributed by atoms with Crippen LogP contribution in [0.3, 0.4) is 0 Å². The van der Waals surface area contributed by atoms with E-state index >= 15 is 0 Å². The van der Waals surface area contributed by atoms with Gasteiger partial charge in [-0.05, 0) is 43.9 Å². The van der Waals surface area contributed by atoms with E-state index < -0.39 is 0 Å². The van der Waals surface area contributed by atoms with Crippen molar-refractivity contribution in [3.05, 3.63) is 0 Å². The van der Waals surface area contributed by atoms with Crippen LogP contribution in [-0.4, -0.2) is 17.9 Å². The zero-order chi connectivity index (χ0) is 13.0. The molecule has 3 unspecified atom stereocenters. The zero-order valence-electron chi connectivity index (χ0n) is 12.1. The molecule has 0 bridgehead atoms. The maximum absolute atomic E-state index is 12.2. The van der Waals surface area contributed by atoms with Gasteiger partial charge in [0.25, 0.3) is 0 Å². The highest BCUT2D eigenvalue weighted by atomic mass is 16.1. The maximum Gasteiger partial charge on any atom is 0.149 e. The highest BCUT2D eigenvalue weighted by Crippen LogP contribution is 2.32. The molecule has 1 N–H and O–H groups in total. The van der Waals surface area contributed by atoms with Crippen LogP contribution in [0.25, 0.3) is 0 Å². The van der Waals surface area contributed by atoms with E-state index in [1.54, 1.807) is 0 Å². The second-order valence-electron chi connectivity index (χ2n) is 6.70. The van der Waals surface area contributed by atoms with E-state index in [1.165, 1.54) is 38.5 Å². The minimum Gasteiger partial charge on any atom is -0.304 e. The Balaban J connectivity index is 1.74. The molecule has 0 aromatic rings. The van der Waals surface area contributed by atoms with E-state index in [-0.39, 0.29) is 6.04 Å². The average Bonchev–Trinajstić information content (AvgIpc) is 2.37. The summed E-state index contributed by atoms with van der Waals surface area (Å²) in [5.41, 5.74) is 0. The number of nitrogens with one attached hydrogen (secondary N) is 1. The van der Waals surface area contributed by atoms with Gasteiger partial charge in [-0.1, -0.05) is 33.1 Å². The first-order valence-electron chi connectivity index (χ1n) is 7.95. The number of hydrogen-bond acceptors (Lipinski definition) is 2. The lowest BCUT2D eigenvalue weighted by Gasteiger charge is -2.40. The number of rotatable bonds is 5. The lowest BCUT2D eigenvalue weighted by Crippen LogP contribution is -2.52.